The quantitative estimate of drug-likeness (QED) is 0.528. The zero-order chi connectivity index (χ0) is 18.4. The molecule has 27 heavy (non-hydrogen) atoms. The molecule has 1 N–H and O–H groups in total. The molecule has 0 saturated heterocycles. The molecule has 0 radical (unpaired) electrons. The standard InChI is InChI=1S/C20H17N7/c1-12(2)27-20(17-15-7-8-21-18(15)24-11-23-17)25-19(26-27)16-9-13-5-3-4-6-14(13)10-22-16/h3-12H,1-2H3,(H,21,23,24). The molecule has 0 atom stereocenters. The third-order valence-corrected chi connectivity index (χ3v) is 4.55. The summed E-state index contributed by atoms with van der Waals surface area (Å²) < 4.78 is 1.89. The molecule has 7 heteroatoms. The fourth-order valence-corrected chi connectivity index (χ4v) is 3.21. The second-order valence-electron chi connectivity index (χ2n) is 6.68. The Kier molecular flexibility index (Phi) is 3.46. The summed E-state index contributed by atoms with van der Waals surface area (Å²) in [6.07, 6.45) is 5.25. The van der Waals surface area contributed by atoms with Gasteiger partial charge in [0.05, 0.1) is 0 Å². The van der Waals surface area contributed by atoms with E-state index in [9.17, 15) is 0 Å². The van der Waals surface area contributed by atoms with Gasteiger partial charge in [0.1, 0.15) is 23.4 Å². The van der Waals surface area contributed by atoms with E-state index in [4.69, 9.17) is 10.1 Å². The largest absolute Gasteiger partial charge is 0.346 e. The van der Waals surface area contributed by atoms with E-state index < -0.39 is 0 Å². The van der Waals surface area contributed by atoms with E-state index in [2.05, 4.69) is 39.8 Å². The molecule has 0 saturated carbocycles. The molecule has 5 rings (SSSR count). The van der Waals surface area contributed by atoms with Crippen molar-refractivity contribution in [2.75, 3.05) is 0 Å². The van der Waals surface area contributed by atoms with Crippen molar-refractivity contribution in [1.82, 2.24) is 34.7 Å². The van der Waals surface area contributed by atoms with Gasteiger partial charge in [-0.3, -0.25) is 4.98 Å². The van der Waals surface area contributed by atoms with Crippen LogP contribution in [0.5, 0.6) is 0 Å². The number of aromatic amines is 1. The second-order valence-corrected chi connectivity index (χ2v) is 6.68. The Bertz CT molecular complexity index is 1270. The second kappa shape index (κ2) is 5.98. The van der Waals surface area contributed by atoms with Crippen molar-refractivity contribution in [2.24, 2.45) is 0 Å². The third kappa shape index (κ3) is 2.55. The van der Waals surface area contributed by atoms with Crippen molar-refractivity contribution < 1.29 is 0 Å². The number of nitrogens with one attached hydrogen (secondary N) is 1. The van der Waals surface area contributed by atoms with Gasteiger partial charge < -0.3 is 4.98 Å². The lowest BCUT2D eigenvalue weighted by Gasteiger charge is -2.08. The Balaban J connectivity index is 1.71. The molecule has 0 aliphatic rings. The van der Waals surface area contributed by atoms with Crippen molar-refractivity contribution in [1.29, 1.82) is 0 Å². The number of aromatic nitrogens is 7. The van der Waals surface area contributed by atoms with E-state index in [1.54, 1.807) is 6.33 Å². The average Bonchev–Trinajstić information content (AvgIpc) is 3.34. The van der Waals surface area contributed by atoms with Crippen LogP contribution in [0.3, 0.4) is 0 Å². The van der Waals surface area contributed by atoms with E-state index in [-0.39, 0.29) is 6.04 Å². The van der Waals surface area contributed by atoms with Crippen molar-refractivity contribution in [2.45, 2.75) is 19.9 Å². The number of nitrogens with zero attached hydrogens (tertiary/aromatic N) is 6. The lowest BCUT2D eigenvalue weighted by atomic mass is 10.1. The summed E-state index contributed by atoms with van der Waals surface area (Å²) in [7, 11) is 0. The number of hydrogen-bond donors (Lipinski definition) is 1. The van der Waals surface area contributed by atoms with E-state index >= 15 is 0 Å². The maximum Gasteiger partial charge on any atom is 0.200 e. The topological polar surface area (TPSA) is 85.2 Å². The molecule has 0 aliphatic heterocycles. The van der Waals surface area contributed by atoms with E-state index in [0.29, 0.717) is 11.6 Å². The van der Waals surface area contributed by atoms with Crippen LogP contribution in [-0.2, 0) is 0 Å². The normalized spacial score (nSPS) is 11.7. The van der Waals surface area contributed by atoms with Crippen LogP contribution in [0, 0.1) is 0 Å². The summed E-state index contributed by atoms with van der Waals surface area (Å²) in [5.41, 5.74) is 2.28. The molecule has 0 amide bonds. The molecule has 0 spiro atoms. The molecular weight excluding hydrogens is 338 g/mol. The summed E-state index contributed by atoms with van der Waals surface area (Å²) in [6.45, 7) is 4.15. The smallest absolute Gasteiger partial charge is 0.200 e. The van der Waals surface area contributed by atoms with E-state index in [0.717, 1.165) is 33.2 Å². The Morgan fingerprint density at radius 1 is 1.00 bits per heavy atom. The van der Waals surface area contributed by atoms with Crippen molar-refractivity contribution in [3.63, 3.8) is 0 Å². The minimum atomic E-state index is 0.130. The highest BCUT2D eigenvalue weighted by atomic mass is 15.4. The summed E-state index contributed by atoms with van der Waals surface area (Å²) in [5.74, 6) is 1.30. The Morgan fingerprint density at radius 2 is 1.85 bits per heavy atom. The van der Waals surface area contributed by atoms with Crippen LogP contribution < -0.4 is 0 Å². The monoisotopic (exact) mass is 355 g/mol. The predicted octanol–water partition coefficient (Wildman–Crippen LogP) is 4.01. The summed E-state index contributed by atoms with van der Waals surface area (Å²) in [5, 5.41) is 7.85. The molecule has 132 valence electrons. The summed E-state index contributed by atoms with van der Waals surface area (Å²) >= 11 is 0. The SMILES string of the molecule is CC(C)n1nc(-c2cc3ccccc3cn2)nc1-c1ncnc2[nH]ccc12. The minimum absolute atomic E-state index is 0.130. The molecule has 1 aromatic carbocycles. The van der Waals surface area contributed by atoms with Gasteiger partial charge in [-0.2, -0.15) is 0 Å². The number of hydrogen-bond acceptors (Lipinski definition) is 5. The number of rotatable bonds is 3. The van der Waals surface area contributed by atoms with Gasteiger partial charge in [-0.05, 0) is 31.4 Å². The Hall–Kier alpha value is -3.61. The molecule has 7 nitrogen and oxygen atoms in total. The lowest BCUT2D eigenvalue weighted by Crippen LogP contribution is -2.06. The Morgan fingerprint density at radius 3 is 2.70 bits per heavy atom. The molecule has 5 aromatic rings. The molecule has 0 aliphatic carbocycles. The van der Waals surface area contributed by atoms with Crippen LogP contribution in [0.4, 0.5) is 0 Å². The van der Waals surface area contributed by atoms with Gasteiger partial charge in [-0.25, -0.2) is 19.6 Å². The minimum Gasteiger partial charge on any atom is -0.346 e. The molecule has 4 aromatic heterocycles. The van der Waals surface area contributed by atoms with E-state index in [1.165, 1.54) is 0 Å². The first kappa shape index (κ1) is 15.6. The van der Waals surface area contributed by atoms with E-state index in [1.807, 2.05) is 47.4 Å². The molecule has 0 bridgehead atoms. The van der Waals surface area contributed by atoms with Gasteiger partial charge in [-0.15, -0.1) is 5.10 Å². The zero-order valence-corrected chi connectivity index (χ0v) is 15.0. The van der Waals surface area contributed by atoms with Crippen LogP contribution >= 0.6 is 0 Å². The first-order chi connectivity index (χ1) is 13.2. The first-order valence-electron chi connectivity index (χ1n) is 8.81. The Labute approximate surface area is 155 Å². The molecular formula is C20H17N7. The fraction of sp³-hybridized carbons (Fsp3) is 0.150. The highest BCUT2D eigenvalue weighted by molar-refractivity contribution is 5.89. The average molecular weight is 355 g/mol. The number of pyridine rings is 1. The number of H-pyrrole nitrogens is 1. The fourth-order valence-electron chi connectivity index (χ4n) is 3.21. The highest BCUT2D eigenvalue weighted by Gasteiger charge is 2.20. The van der Waals surface area contributed by atoms with Gasteiger partial charge in [0.2, 0.25) is 0 Å². The van der Waals surface area contributed by atoms with Gasteiger partial charge in [0, 0.05) is 29.2 Å². The maximum absolute atomic E-state index is 4.79. The molecule has 0 unspecified atom stereocenters. The van der Waals surface area contributed by atoms with Crippen molar-refractivity contribution >= 4 is 21.8 Å². The zero-order valence-electron chi connectivity index (χ0n) is 15.0. The first-order valence-corrected chi connectivity index (χ1v) is 8.81. The third-order valence-electron chi connectivity index (χ3n) is 4.55. The van der Waals surface area contributed by atoms with Gasteiger partial charge >= 0.3 is 0 Å². The van der Waals surface area contributed by atoms with Gasteiger partial charge in [0.15, 0.2) is 11.6 Å². The summed E-state index contributed by atoms with van der Waals surface area (Å²) in [6, 6.07) is 12.2. The van der Waals surface area contributed by atoms with Crippen LogP contribution in [0.15, 0.2) is 55.1 Å². The predicted molar refractivity (Wildman–Crippen MR) is 104 cm³/mol. The van der Waals surface area contributed by atoms with Crippen LogP contribution in [0.1, 0.15) is 19.9 Å². The molecule has 0 fully saturated rings. The maximum atomic E-state index is 4.79. The van der Waals surface area contributed by atoms with Crippen molar-refractivity contribution in [3.8, 4) is 23.0 Å². The lowest BCUT2D eigenvalue weighted by molar-refractivity contribution is 0.538. The molecule has 4 heterocycles. The number of benzene rings is 1. The summed E-state index contributed by atoms with van der Waals surface area (Å²) in [4.78, 5) is 21.2. The van der Waals surface area contributed by atoms with Crippen LogP contribution in [0.25, 0.3) is 44.8 Å². The van der Waals surface area contributed by atoms with Crippen LogP contribution in [-0.4, -0.2) is 34.7 Å². The van der Waals surface area contributed by atoms with Crippen LogP contribution in [0.2, 0.25) is 0 Å². The van der Waals surface area contributed by atoms with Gasteiger partial charge in [0.25, 0.3) is 0 Å². The van der Waals surface area contributed by atoms with Gasteiger partial charge in [-0.1, -0.05) is 24.3 Å². The number of fused-ring (bicyclic) bond motifs is 2. The highest BCUT2D eigenvalue weighted by Crippen LogP contribution is 2.28. The van der Waals surface area contributed by atoms with Crippen molar-refractivity contribution in [3.05, 3.63) is 55.1 Å².